The van der Waals surface area contributed by atoms with Gasteiger partial charge in [0.2, 0.25) is 15.9 Å². The lowest BCUT2D eigenvalue weighted by atomic mass is 9.78. The van der Waals surface area contributed by atoms with Crippen LogP contribution in [0.25, 0.3) is 0 Å². The van der Waals surface area contributed by atoms with Crippen molar-refractivity contribution in [1.29, 1.82) is 0 Å². The molecule has 11 heteroatoms. The Morgan fingerprint density at radius 1 is 1.23 bits per heavy atom. The highest BCUT2D eigenvalue weighted by molar-refractivity contribution is 7.88. The molecule has 166 valence electrons. The number of hydrogen-bond donors (Lipinski definition) is 3. The molecule has 1 aliphatic heterocycles. The molecule has 0 aliphatic carbocycles. The zero-order chi connectivity index (χ0) is 22.9. The van der Waals surface area contributed by atoms with Crippen molar-refractivity contribution in [1.82, 2.24) is 9.62 Å². The van der Waals surface area contributed by atoms with Gasteiger partial charge < -0.3 is 15.7 Å². The Balaban J connectivity index is 2.23. The lowest BCUT2D eigenvalue weighted by molar-refractivity contribution is -0.121. The van der Waals surface area contributed by atoms with E-state index in [1.807, 2.05) is 0 Å². The number of carbonyl (C=O) groups excluding carboxylic acids is 2. The van der Waals surface area contributed by atoms with Crippen LogP contribution in [-0.2, 0) is 14.8 Å². The first-order chi connectivity index (χ1) is 14.5. The average Bonchev–Trinajstić information content (AvgIpc) is 2.68. The van der Waals surface area contributed by atoms with Crippen LogP contribution in [0.4, 0.5) is 0 Å². The number of hydrogen-bond acceptors (Lipinski definition) is 5. The quantitative estimate of drug-likeness (QED) is 0.548. The molecule has 0 fully saturated rings. The monoisotopic (exact) mass is 485 g/mol. The zero-order valence-corrected chi connectivity index (χ0v) is 18.8. The Morgan fingerprint density at radius 3 is 2.48 bits per heavy atom. The maximum Gasteiger partial charge on any atom is 0.255 e. The molecule has 0 radical (unpaired) electrons. The molecule has 0 bridgehead atoms. The second kappa shape index (κ2) is 9.13. The van der Waals surface area contributed by atoms with Crippen molar-refractivity contribution in [3.05, 3.63) is 69.2 Å². The van der Waals surface area contributed by atoms with Crippen molar-refractivity contribution < 1.29 is 23.1 Å². The Bertz CT molecular complexity index is 1130. The summed E-state index contributed by atoms with van der Waals surface area (Å²) in [5.74, 6) is -2.17. The van der Waals surface area contributed by atoms with Crippen molar-refractivity contribution in [3.8, 4) is 0 Å². The van der Waals surface area contributed by atoms with Crippen molar-refractivity contribution in [3.63, 3.8) is 0 Å². The Hall–Kier alpha value is -2.17. The van der Waals surface area contributed by atoms with Crippen molar-refractivity contribution in [2.75, 3.05) is 19.4 Å². The van der Waals surface area contributed by atoms with E-state index in [1.54, 1.807) is 36.4 Å². The topological polar surface area (TPSA) is 130 Å². The molecule has 0 saturated carbocycles. The molecule has 8 nitrogen and oxygen atoms in total. The first kappa shape index (κ1) is 23.5. The van der Waals surface area contributed by atoms with E-state index in [0.717, 1.165) is 6.26 Å². The van der Waals surface area contributed by atoms with Crippen LogP contribution in [0.15, 0.2) is 42.5 Å². The summed E-state index contributed by atoms with van der Waals surface area (Å²) >= 11 is 12.4. The number of nitrogens with zero attached hydrogens (tertiary/aromatic N) is 1. The first-order valence-electron chi connectivity index (χ1n) is 9.26. The molecule has 1 heterocycles. The number of amides is 2. The SMILES string of the molecule is CS(=O)(=O)NC[C@H](CO)N1C(=O)c2ccccc2C(C(N)=O)C1c1ccc(Cl)cc1Cl. The standard InChI is InChI=1S/C20H21Cl2N3O5S/c1-31(29,30)24-9-12(10-26)25-18(15-7-6-11(21)8-16(15)22)17(19(23)27)13-4-2-3-5-14(13)20(25)28/h2-8,12,17-18,24,26H,9-10H2,1H3,(H2,23,27)/t12-,17?,18?/m1/s1. The normalized spacial score (nSPS) is 19.7. The highest BCUT2D eigenvalue weighted by atomic mass is 35.5. The third-order valence-corrected chi connectivity index (χ3v) is 6.40. The van der Waals surface area contributed by atoms with E-state index in [-0.39, 0.29) is 17.1 Å². The fourth-order valence-corrected chi connectivity index (χ4v) is 4.85. The van der Waals surface area contributed by atoms with Gasteiger partial charge in [-0.25, -0.2) is 13.1 Å². The second-order valence-electron chi connectivity index (χ2n) is 7.25. The lowest BCUT2D eigenvalue weighted by Gasteiger charge is -2.45. The van der Waals surface area contributed by atoms with Gasteiger partial charge in [0.1, 0.15) is 0 Å². The number of rotatable bonds is 7. The fraction of sp³-hybridized carbons (Fsp3) is 0.300. The predicted octanol–water partition coefficient (Wildman–Crippen LogP) is 1.67. The largest absolute Gasteiger partial charge is 0.394 e. The van der Waals surface area contributed by atoms with Crippen molar-refractivity contribution >= 4 is 45.0 Å². The van der Waals surface area contributed by atoms with Gasteiger partial charge in [0, 0.05) is 22.2 Å². The molecule has 3 atom stereocenters. The minimum Gasteiger partial charge on any atom is -0.394 e. The summed E-state index contributed by atoms with van der Waals surface area (Å²) in [6.07, 6.45) is 0.967. The van der Waals surface area contributed by atoms with Gasteiger partial charge >= 0.3 is 0 Å². The molecule has 0 saturated heterocycles. The molecule has 2 aromatic rings. The zero-order valence-electron chi connectivity index (χ0n) is 16.5. The summed E-state index contributed by atoms with van der Waals surface area (Å²) in [6, 6.07) is 9.17. The van der Waals surface area contributed by atoms with Gasteiger partial charge in [0.05, 0.1) is 30.9 Å². The number of nitrogens with two attached hydrogens (primary N) is 1. The maximum atomic E-state index is 13.5. The van der Waals surface area contributed by atoms with Crippen LogP contribution in [0.2, 0.25) is 10.0 Å². The van der Waals surface area contributed by atoms with Gasteiger partial charge in [-0.1, -0.05) is 47.5 Å². The summed E-state index contributed by atoms with van der Waals surface area (Å²) in [4.78, 5) is 27.4. The van der Waals surface area contributed by atoms with Gasteiger partial charge in [-0.2, -0.15) is 0 Å². The number of carbonyl (C=O) groups is 2. The van der Waals surface area contributed by atoms with Crippen LogP contribution < -0.4 is 10.5 Å². The Kier molecular flexibility index (Phi) is 6.92. The summed E-state index contributed by atoms with van der Waals surface area (Å²) in [6.45, 7) is -0.833. The number of sulfonamides is 1. The van der Waals surface area contributed by atoms with Crippen LogP contribution in [0.3, 0.4) is 0 Å². The molecule has 0 spiro atoms. The van der Waals surface area contributed by atoms with E-state index >= 15 is 0 Å². The third-order valence-electron chi connectivity index (χ3n) is 5.15. The van der Waals surface area contributed by atoms with E-state index < -0.39 is 46.4 Å². The number of nitrogens with one attached hydrogen (secondary N) is 1. The number of primary amides is 1. The first-order valence-corrected chi connectivity index (χ1v) is 11.9. The molecule has 2 unspecified atom stereocenters. The van der Waals surface area contributed by atoms with Gasteiger partial charge in [-0.05, 0) is 29.3 Å². The lowest BCUT2D eigenvalue weighted by Crippen LogP contribution is -2.55. The molecule has 2 aromatic carbocycles. The molecule has 4 N–H and O–H groups in total. The van der Waals surface area contributed by atoms with E-state index in [1.165, 1.54) is 11.0 Å². The number of aliphatic hydroxyl groups is 1. The maximum absolute atomic E-state index is 13.5. The highest BCUT2D eigenvalue weighted by Gasteiger charge is 2.46. The van der Waals surface area contributed by atoms with Gasteiger partial charge in [-0.3, -0.25) is 9.59 Å². The van der Waals surface area contributed by atoms with Gasteiger partial charge in [-0.15, -0.1) is 0 Å². The predicted molar refractivity (Wildman–Crippen MR) is 117 cm³/mol. The molecule has 2 amide bonds. The Morgan fingerprint density at radius 2 is 1.90 bits per heavy atom. The summed E-state index contributed by atoms with van der Waals surface area (Å²) in [7, 11) is -3.61. The molecular formula is C20H21Cl2N3O5S. The van der Waals surface area contributed by atoms with E-state index in [0.29, 0.717) is 16.1 Å². The van der Waals surface area contributed by atoms with Crippen LogP contribution in [0.5, 0.6) is 0 Å². The minimum atomic E-state index is -3.61. The van der Waals surface area contributed by atoms with Crippen LogP contribution in [0, 0.1) is 0 Å². The minimum absolute atomic E-state index is 0.202. The van der Waals surface area contributed by atoms with Gasteiger partial charge in [0.15, 0.2) is 0 Å². The van der Waals surface area contributed by atoms with Crippen LogP contribution >= 0.6 is 23.2 Å². The summed E-state index contributed by atoms with van der Waals surface area (Å²) in [5.41, 5.74) is 6.83. The summed E-state index contributed by atoms with van der Waals surface area (Å²) < 4.78 is 25.6. The van der Waals surface area contributed by atoms with Gasteiger partial charge in [0.25, 0.3) is 5.91 Å². The average molecular weight is 486 g/mol. The third kappa shape index (κ3) is 4.86. The van der Waals surface area contributed by atoms with E-state index in [4.69, 9.17) is 28.9 Å². The molecule has 0 aromatic heterocycles. The highest BCUT2D eigenvalue weighted by Crippen LogP contribution is 2.45. The van der Waals surface area contributed by atoms with E-state index in [2.05, 4.69) is 4.72 Å². The smallest absolute Gasteiger partial charge is 0.255 e. The second-order valence-corrected chi connectivity index (χ2v) is 9.92. The molecule has 1 aliphatic rings. The summed E-state index contributed by atoms with van der Waals surface area (Å²) in [5, 5.41) is 10.6. The van der Waals surface area contributed by atoms with Crippen LogP contribution in [-0.4, -0.2) is 55.7 Å². The van der Waals surface area contributed by atoms with Crippen molar-refractivity contribution in [2.45, 2.75) is 18.0 Å². The Labute approximate surface area is 190 Å². The molecular weight excluding hydrogens is 465 g/mol. The fourth-order valence-electron chi connectivity index (χ4n) is 3.83. The number of benzene rings is 2. The van der Waals surface area contributed by atoms with Crippen LogP contribution in [0.1, 0.15) is 33.4 Å². The number of halogens is 2. The number of fused-ring (bicyclic) bond motifs is 1. The molecule has 3 rings (SSSR count). The molecule has 31 heavy (non-hydrogen) atoms. The van der Waals surface area contributed by atoms with Crippen molar-refractivity contribution in [2.24, 2.45) is 5.73 Å². The van der Waals surface area contributed by atoms with E-state index in [9.17, 15) is 23.1 Å². The number of aliphatic hydroxyl groups excluding tert-OH is 1.